The third-order valence-electron chi connectivity index (χ3n) is 4.48. The van der Waals surface area contributed by atoms with Crippen molar-refractivity contribution < 1.29 is 20.4 Å². The topological polar surface area (TPSA) is 24.7 Å². The molecule has 0 aliphatic rings. The first-order chi connectivity index (χ1) is 12.8. The minimum Gasteiger partial charge on any atom is -0.252 e. The van der Waals surface area contributed by atoms with Gasteiger partial charge in [-0.05, 0) is 43.5 Å². The van der Waals surface area contributed by atoms with Crippen molar-refractivity contribution >= 4 is 22.8 Å². The van der Waals surface area contributed by atoms with Gasteiger partial charge in [0.2, 0.25) is 0 Å². The van der Waals surface area contributed by atoms with E-state index < -0.39 is 0 Å². The summed E-state index contributed by atoms with van der Waals surface area (Å²) in [6.07, 6.45) is 9.67. The Bertz CT molecular complexity index is 678. The van der Waals surface area contributed by atoms with Crippen molar-refractivity contribution in [2.75, 3.05) is 0 Å². The second-order valence-corrected chi connectivity index (χ2v) is 6.66. The zero-order chi connectivity index (χ0) is 18.5. The molecule has 0 aliphatic carbocycles. The van der Waals surface area contributed by atoms with E-state index >= 15 is 0 Å². The standard InChI is InChI=1S/C24H32N2.Pd/c1-3-5-6-7-8-15-20-24(26-22-18-13-10-14-19-22)23(4-2)25-21-16-11-9-12-17-21;/h9-14,16-19H,3-8,15,20H2,1-2H3;/b25-23+,26-24+;. The van der Waals surface area contributed by atoms with Gasteiger partial charge in [0, 0.05) is 20.4 Å². The molecule has 0 unspecified atom stereocenters. The first-order valence-electron chi connectivity index (χ1n) is 10.1. The molecule has 0 bridgehead atoms. The Morgan fingerprint density at radius 3 is 1.63 bits per heavy atom. The molecule has 0 spiro atoms. The van der Waals surface area contributed by atoms with Crippen molar-refractivity contribution in [3.05, 3.63) is 60.7 Å². The van der Waals surface area contributed by atoms with Crippen LogP contribution in [0.4, 0.5) is 11.4 Å². The van der Waals surface area contributed by atoms with Gasteiger partial charge in [0.1, 0.15) is 0 Å². The fourth-order valence-corrected chi connectivity index (χ4v) is 3.00. The molecule has 0 aliphatic heterocycles. The molecular formula is C24H32N2Pd. The van der Waals surface area contributed by atoms with Crippen molar-refractivity contribution in [1.29, 1.82) is 0 Å². The second-order valence-electron chi connectivity index (χ2n) is 6.66. The number of benzene rings is 2. The molecule has 3 heteroatoms. The van der Waals surface area contributed by atoms with Crippen LogP contribution in [-0.2, 0) is 20.4 Å². The molecule has 2 aromatic rings. The molecule has 0 heterocycles. The van der Waals surface area contributed by atoms with Crippen molar-refractivity contribution in [3.8, 4) is 0 Å². The van der Waals surface area contributed by atoms with Gasteiger partial charge in [-0.2, -0.15) is 0 Å². The molecule has 0 N–H and O–H groups in total. The van der Waals surface area contributed by atoms with E-state index in [1.165, 1.54) is 38.5 Å². The van der Waals surface area contributed by atoms with Crippen molar-refractivity contribution in [3.63, 3.8) is 0 Å². The fourth-order valence-electron chi connectivity index (χ4n) is 3.00. The number of nitrogens with zero attached hydrogens (tertiary/aromatic N) is 2. The van der Waals surface area contributed by atoms with E-state index in [-0.39, 0.29) is 20.4 Å². The number of para-hydroxylation sites is 2. The predicted octanol–water partition coefficient (Wildman–Crippen LogP) is 7.69. The summed E-state index contributed by atoms with van der Waals surface area (Å²) >= 11 is 0. The van der Waals surface area contributed by atoms with Crippen LogP contribution < -0.4 is 0 Å². The van der Waals surface area contributed by atoms with Crippen molar-refractivity contribution in [2.24, 2.45) is 9.98 Å². The van der Waals surface area contributed by atoms with Gasteiger partial charge in [0.25, 0.3) is 0 Å². The van der Waals surface area contributed by atoms with Gasteiger partial charge in [0.15, 0.2) is 0 Å². The Labute approximate surface area is 178 Å². The van der Waals surface area contributed by atoms with E-state index in [0.29, 0.717) is 0 Å². The monoisotopic (exact) mass is 454 g/mol. The molecule has 0 aromatic heterocycles. The number of rotatable bonds is 11. The molecule has 0 radical (unpaired) electrons. The van der Waals surface area contributed by atoms with Gasteiger partial charge in [-0.1, -0.05) is 82.3 Å². The maximum Gasteiger partial charge on any atom is 0.0633 e. The maximum atomic E-state index is 4.95. The summed E-state index contributed by atoms with van der Waals surface area (Å²) in [7, 11) is 0. The smallest absolute Gasteiger partial charge is 0.0633 e. The maximum absolute atomic E-state index is 4.95. The summed E-state index contributed by atoms with van der Waals surface area (Å²) in [5, 5.41) is 0. The molecule has 2 rings (SSSR count). The Balaban J connectivity index is 0.00000364. The molecule has 0 fully saturated rings. The number of hydrogen-bond donors (Lipinski definition) is 0. The van der Waals surface area contributed by atoms with Gasteiger partial charge in [-0.25, -0.2) is 0 Å². The summed E-state index contributed by atoms with van der Waals surface area (Å²) in [6, 6.07) is 20.5. The first-order valence-corrected chi connectivity index (χ1v) is 10.1. The van der Waals surface area contributed by atoms with Gasteiger partial charge in [-0.3, -0.25) is 9.98 Å². The minimum atomic E-state index is 0. The summed E-state index contributed by atoms with van der Waals surface area (Å²) < 4.78 is 0. The average molecular weight is 455 g/mol. The summed E-state index contributed by atoms with van der Waals surface area (Å²) in [4.78, 5) is 9.83. The van der Waals surface area contributed by atoms with E-state index in [2.05, 4.69) is 38.1 Å². The Morgan fingerprint density at radius 1 is 0.630 bits per heavy atom. The molecule has 0 amide bonds. The number of unbranched alkanes of at least 4 members (excludes halogenated alkanes) is 5. The molecule has 0 atom stereocenters. The number of aliphatic imine (C=N–C) groups is 2. The van der Waals surface area contributed by atoms with Gasteiger partial charge >= 0.3 is 0 Å². The number of hydrogen-bond acceptors (Lipinski definition) is 2. The van der Waals surface area contributed by atoms with Gasteiger partial charge in [0.05, 0.1) is 22.8 Å². The summed E-state index contributed by atoms with van der Waals surface area (Å²) in [6.45, 7) is 4.43. The third kappa shape index (κ3) is 9.27. The quantitative estimate of drug-likeness (QED) is 0.189. The van der Waals surface area contributed by atoms with Gasteiger partial charge < -0.3 is 0 Å². The zero-order valence-corrected chi connectivity index (χ0v) is 18.2. The third-order valence-corrected chi connectivity index (χ3v) is 4.48. The van der Waals surface area contributed by atoms with Crippen molar-refractivity contribution in [2.45, 2.75) is 65.2 Å². The van der Waals surface area contributed by atoms with Gasteiger partial charge in [-0.15, -0.1) is 0 Å². The van der Waals surface area contributed by atoms with E-state index in [1.807, 2.05) is 36.4 Å². The van der Waals surface area contributed by atoms with E-state index in [0.717, 1.165) is 35.6 Å². The summed E-state index contributed by atoms with van der Waals surface area (Å²) in [5.41, 5.74) is 4.27. The SMILES string of the molecule is CCCCCCCCC(=N\c1ccccc1)/C(CC)=N/c1ccccc1.[Pd]. The van der Waals surface area contributed by atoms with Crippen LogP contribution in [0, 0.1) is 0 Å². The Hall–Kier alpha value is -1.56. The van der Waals surface area contributed by atoms with Crippen LogP contribution >= 0.6 is 0 Å². The predicted molar refractivity (Wildman–Crippen MR) is 115 cm³/mol. The molecule has 0 saturated heterocycles. The van der Waals surface area contributed by atoms with Crippen LogP contribution in [0.3, 0.4) is 0 Å². The van der Waals surface area contributed by atoms with E-state index in [9.17, 15) is 0 Å². The second kappa shape index (κ2) is 14.5. The molecule has 0 saturated carbocycles. The fraction of sp³-hybridized carbons (Fsp3) is 0.417. The summed E-state index contributed by atoms with van der Waals surface area (Å²) in [5.74, 6) is 0. The van der Waals surface area contributed by atoms with Crippen LogP contribution in [0.25, 0.3) is 0 Å². The van der Waals surface area contributed by atoms with E-state index in [1.54, 1.807) is 0 Å². The normalized spacial score (nSPS) is 11.9. The molecule has 27 heavy (non-hydrogen) atoms. The van der Waals surface area contributed by atoms with Crippen LogP contribution in [0.1, 0.15) is 65.2 Å². The van der Waals surface area contributed by atoms with Crippen LogP contribution in [0.5, 0.6) is 0 Å². The average Bonchev–Trinajstić information content (AvgIpc) is 2.69. The first kappa shape index (κ1) is 23.5. The molecule has 148 valence electrons. The van der Waals surface area contributed by atoms with Crippen LogP contribution in [0.15, 0.2) is 70.6 Å². The largest absolute Gasteiger partial charge is 0.252 e. The van der Waals surface area contributed by atoms with Crippen LogP contribution in [0.2, 0.25) is 0 Å². The molecule has 2 nitrogen and oxygen atoms in total. The Kier molecular flexibility index (Phi) is 12.6. The van der Waals surface area contributed by atoms with Crippen LogP contribution in [-0.4, -0.2) is 11.4 Å². The zero-order valence-electron chi connectivity index (χ0n) is 16.6. The Morgan fingerprint density at radius 2 is 1.11 bits per heavy atom. The van der Waals surface area contributed by atoms with E-state index in [4.69, 9.17) is 9.98 Å². The minimum absolute atomic E-state index is 0. The molecular weight excluding hydrogens is 423 g/mol. The van der Waals surface area contributed by atoms with Crippen molar-refractivity contribution in [1.82, 2.24) is 0 Å². The molecule has 2 aromatic carbocycles.